The first-order valence-corrected chi connectivity index (χ1v) is 8.96. The van der Waals surface area contributed by atoms with E-state index in [0.717, 1.165) is 38.8 Å². The maximum atomic E-state index is 12.6. The zero-order chi connectivity index (χ0) is 16.2. The Labute approximate surface area is 139 Å². The molecule has 1 aliphatic heterocycles. The summed E-state index contributed by atoms with van der Waals surface area (Å²) in [5, 5.41) is 0. The molecular formula is C19H29N3O. The van der Waals surface area contributed by atoms with E-state index in [1.165, 1.54) is 12.1 Å². The molecule has 2 fully saturated rings. The van der Waals surface area contributed by atoms with Crippen LogP contribution in [0.15, 0.2) is 30.3 Å². The number of para-hydroxylation sites is 1. The van der Waals surface area contributed by atoms with Crippen LogP contribution in [0.4, 0.5) is 5.69 Å². The van der Waals surface area contributed by atoms with E-state index >= 15 is 0 Å². The SMILES string of the molecule is CN(C(=O)C[C@@H]1CCC[C@H]1N)C1CCCN(c2ccccc2)C1. The van der Waals surface area contributed by atoms with Crippen molar-refractivity contribution in [1.82, 2.24) is 4.90 Å². The van der Waals surface area contributed by atoms with Gasteiger partial charge in [-0.1, -0.05) is 24.6 Å². The third kappa shape index (κ3) is 3.86. The third-order valence-electron chi connectivity index (χ3n) is 5.61. The summed E-state index contributed by atoms with van der Waals surface area (Å²) < 4.78 is 0. The molecule has 1 heterocycles. The quantitative estimate of drug-likeness (QED) is 0.929. The van der Waals surface area contributed by atoms with Gasteiger partial charge in [0.1, 0.15) is 0 Å². The third-order valence-corrected chi connectivity index (χ3v) is 5.61. The zero-order valence-electron chi connectivity index (χ0n) is 14.2. The lowest BCUT2D eigenvalue weighted by atomic mass is 9.98. The Morgan fingerprint density at radius 3 is 2.70 bits per heavy atom. The second kappa shape index (κ2) is 7.35. The van der Waals surface area contributed by atoms with Gasteiger partial charge in [-0.15, -0.1) is 0 Å². The highest BCUT2D eigenvalue weighted by atomic mass is 16.2. The second-order valence-corrected chi connectivity index (χ2v) is 7.14. The van der Waals surface area contributed by atoms with Crippen LogP contribution in [0.25, 0.3) is 0 Å². The number of carbonyl (C=O) groups excluding carboxylic acids is 1. The number of anilines is 1. The number of nitrogens with zero attached hydrogens (tertiary/aromatic N) is 2. The summed E-state index contributed by atoms with van der Waals surface area (Å²) in [7, 11) is 1.97. The molecule has 4 nitrogen and oxygen atoms in total. The Bertz CT molecular complexity index is 519. The Hall–Kier alpha value is -1.55. The molecule has 1 saturated heterocycles. The van der Waals surface area contributed by atoms with Crippen molar-refractivity contribution in [3.63, 3.8) is 0 Å². The first kappa shape index (κ1) is 16.3. The number of likely N-dealkylation sites (N-methyl/N-ethyl adjacent to an activating group) is 1. The van der Waals surface area contributed by atoms with Gasteiger partial charge < -0.3 is 15.5 Å². The van der Waals surface area contributed by atoms with Crippen LogP contribution in [-0.2, 0) is 4.79 Å². The molecule has 4 heteroatoms. The van der Waals surface area contributed by atoms with Crippen molar-refractivity contribution in [1.29, 1.82) is 0 Å². The van der Waals surface area contributed by atoms with Crippen LogP contribution in [0, 0.1) is 5.92 Å². The van der Waals surface area contributed by atoms with E-state index in [-0.39, 0.29) is 11.9 Å². The Morgan fingerprint density at radius 1 is 1.22 bits per heavy atom. The number of hydrogen-bond donors (Lipinski definition) is 1. The minimum absolute atomic E-state index is 0.222. The molecule has 0 spiro atoms. The summed E-state index contributed by atoms with van der Waals surface area (Å²) in [6.45, 7) is 2.01. The van der Waals surface area contributed by atoms with Crippen LogP contribution in [0.2, 0.25) is 0 Å². The average Bonchev–Trinajstić information content (AvgIpc) is 3.00. The highest BCUT2D eigenvalue weighted by Gasteiger charge is 2.30. The minimum atomic E-state index is 0.222. The average molecular weight is 315 g/mol. The molecule has 3 atom stereocenters. The van der Waals surface area contributed by atoms with E-state index in [9.17, 15) is 4.79 Å². The largest absolute Gasteiger partial charge is 0.369 e. The summed E-state index contributed by atoms with van der Waals surface area (Å²) in [4.78, 5) is 17.0. The van der Waals surface area contributed by atoms with Crippen LogP contribution < -0.4 is 10.6 Å². The summed E-state index contributed by atoms with van der Waals surface area (Å²) in [5.74, 6) is 0.658. The van der Waals surface area contributed by atoms with Crippen molar-refractivity contribution in [3.05, 3.63) is 30.3 Å². The molecule has 23 heavy (non-hydrogen) atoms. The number of rotatable bonds is 4. The summed E-state index contributed by atoms with van der Waals surface area (Å²) in [6, 6.07) is 11.0. The number of nitrogens with two attached hydrogens (primary N) is 1. The number of carbonyl (C=O) groups is 1. The predicted octanol–water partition coefficient (Wildman–Crippen LogP) is 2.63. The van der Waals surface area contributed by atoms with E-state index in [0.29, 0.717) is 18.4 Å². The normalized spacial score (nSPS) is 27.9. The van der Waals surface area contributed by atoms with Crippen molar-refractivity contribution < 1.29 is 4.79 Å². The van der Waals surface area contributed by atoms with Gasteiger partial charge >= 0.3 is 0 Å². The van der Waals surface area contributed by atoms with Gasteiger partial charge in [-0.2, -0.15) is 0 Å². The maximum Gasteiger partial charge on any atom is 0.222 e. The molecule has 2 aliphatic rings. The molecular weight excluding hydrogens is 286 g/mol. The fourth-order valence-corrected chi connectivity index (χ4v) is 4.04. The second-order valence-electron chi connectivity index (χ2n) is 7.14. The summed E-state index contributed by atoms with van der Waals surface area (Å²) in [5.41, 5.74) is 7.39. The first-order chi connectivity index (χ1) is 11.1. The highest BCUT2D eigenvalue weighted by Crippen LogP contribution is 2.28. The predicted molar refractivity (Wildman–Crippen MR) is 94.4 cm³/mol. The number of benzene rings is 1. The molecule has 1 amide bonds. The topological polar surface area (TPSA) is 49.6 Å². The lowest BCUT2D eigenvalue weighted by Gasteiger charge is -2.39. The molecule has 126 valence electrons. The van der Waals surface area contributed by atoms with E-state index in [1.807, 2.05) is 18.0 Å². The monoisotopic (exact) mass is 315 g/mol. The van der Waals surface area contributed by atoms with Gasteiger partial charge in [-0.25, -0.2) is 0 Å². The summed E-state index contributed by atoms with van der Waals surface area (Å²) >= 11 is 0. The molecule has 1 saturated carbocycles. The first-order valence-electron chi connectivity index (χ1n) is 8.96. The number of amides is 1. The Morgan fingerprint density at radius 2 is 2.00 bits per heavy atom. The molecule has 1 aromatic rings. The van der Waals surface area contributed by atoms with Crippen LogP contribution >= 0.6 is 0 Å². The van der Waals surface area contributed by atoms with Gasteiger partial charge in [0.15, 0.2) is 0 Å². The van der Waals surface area contributed by atoms with E-state index in [1.54, 1.807) is 0 Å². The van der Waals surface area contributed by atoms with E-state index < -0.39 is 0 Å². The Balaban J connectivity index is 1.58. The van der Waals surface area contributed by atoms with Crippen molar-refractivity contribution in [2.75, 3.05) is 25.0 Å². The van der Waals surface area contributed by atoms with E-state index in [2.05, 4.69) is 29.2 Å². The molecule has 0 bridgehead atoms. The molecule has 1 unspecified atom stereocenters. The summed E-state index contributed by atoms with van der Waals surface area (Å²) in [6.07, 6.45) is 6.23. The van der Waals surface area contributed by atoms with Crippen LogP contribution in [0.1, 0.15) is 38.5 Å². The van der Waals surface area contributed by atoms with Gasteiger partial charge in [0.2, 0.25) is 5.91 Å². The van der Waals surface area contributed by atoms with Gasteiger partial charge in [0.05, 0.1) is 0 Å². The molecule has 0 aromatic heterocycles. The Kier molecular flexibility index (Phi) is 5.21. The lowest BCUT2D eigenvalue weighted by molar-refractivity contribution is -0.133. The standard InChI is InChI=1S/C19H29N3O/c1-21(19(23)13-15-7-5-11-18(15)20)17-10-6-12-22(14-17)16-8-3-2-4-9-16/h2-4,8-9,15,17-18H,5-7,10-14,20H2,1H3/t15-,17?,18+/m0/s1. The highest BCUT2D eigenvalue weighted by molar-refractivity contribution is 5.76. The van der Waals surface area contributed by atoms with Crippen molar-refractivity contribution in [3.8, 4) is 0 Å². The van der Waals surface area contributed by atoms with Crippen LogP contribution in [0.3, 0.4) is 0 Å². The molecule has 0 radical (unpaired) electrons. The lowest BCUT2D eigenvalue weighted by Crippen LogP contribution is -2.49. The fraction of sp³-hybridized carbons (Fsp3) is 0.632. The van der Waals surface area contributed by atoms with Crippen molar-refractivity contribution in [2.24, 2.45) is 11.7 Å². The zero-order valence-corrected chi connectivity index (χ0v) is 14.2. The van der Waals surface area contributed by atoms with Crippen molar-refractivity contribution >= 4 is 11.6 Å². The van der Waals surface area contributed by atoms with Gasteiger partial charge in [-0.05, 0) is 43.7 Å². The van der Waals surface area contributed by atoms with Gasteiger partial charge in [-0.3, -0.25) is 4.79 Å². The molecule has 2 N–H and O–H groups in total. The smallest absolute Gasteiger partial charge is 0.222 e. The van der Waals surface area contributed by atoms with Crippen LogP contribution in [0.5, 0.6) is 0 Å². The fourth-order valence-electron chi connectivity index (χ4n) is 4.04. The van der Waals surface area contributed by atoms with Crippen molar-refractivity contribution in [2.45, 2.75) is 50.6 Å². The van der Waals surface area contributed by atoms with E-state index in [4.69, 9.17) is 5.73 Å². The van der Waals surface area contributed by atoms with Gasteiger partial charge in [0.25, 0.3) is 0 Å². The maximum absolute atomic E-state index is 12.6. The number of hydrogen-bond acceptors (Lipinski definition) is 3. The van der Waals surface area contributed by atoms with Crippen LogP contribution in [-0.4, -0.2) is 43.0 Å². The molecule has 3 rings (SSSR count). The molecule has 1 aliphatic carbocycles. The number of piperidine rings is 1. The molecule has 1 aromatic carbocycles. The minimum Gasteiger partial charge on any atom is -0.369 e. The van der Waals surface area contributed by atoms with Gasteiger partial charge in [0, 0.05) is 44.3 Å².